The fraction of sp³-hybridized carbons (Fsp3) is 0.500. The molecule has 182 valence electrons. The summed E-state index contributed by atoms with van der Waals surface area (Å²) < 4.78 is 5.41. The van der Waals surface area contributed by atoms with Crippen LogP contribution in [0.4, 0.5) is 11.6 Å². The summed E-state index contributed by atoms with van der Waals surface area (Å²) in [7, 11) is 0. The number of nitrogens with zero attached hydrogens (tertiary/aromatic N) is 2. The highest BCUT2D eigenvalue weighted by atomic mass is 35.5. The van der Waals surface area contributed by atoms with Gasteiger partial charge < -0.3 is 37.1 Å². The monoisotopic (exact) mass is 480 g/mol. The fourth-order valence-corrected chi connectivity index (χ4v) is 3.26. The van der Waals surface area contributed by atoms with Crippen LogP contribution in [0.1, 0.15) is 42.2 Å². The average Bonchev–Trinajstić information content (AvgIpc) is 2.81. The topological polar surface area (TPSA) is 169 Å². The Balaban J connectivity index is 1.75. The number of aryl methyl sites for hydroxylation is 1. The van der Waals surface area contributed by atoms with Gasteiger partial charge in [-0.2, -0.15) is 0 Å². The minimum absolute atomic E-state index is 0.0149. The zero-order chi connectivity index (χ0) is 24.2. The summed E-state index contributed by atoms with van der Waals surface area (Å²) in [6.07, 6.45) is 2.79. The van der Waals surface area contributed by atoms with Crippen LogP contribution >= 0.6 is 11.6 Å². The largest absolute Gasteiger partial charge is 0.491 e. The van der Waals surface area contributed by atoms with Gasteiger partial charge in [0.25, 0.3) is 5.91 Å². The average molecular weight is 481 g/mol. The van der Waals surface area contributed by atoms with Gasteiger partial charge in [0.2, 0.25) is 0 Å². The molecule has 0 bridgehead atoms. The van der Waals surface area contributed by atoms with Crippen LogP contribution in [0.25, 0.3) is 0 Å². The van der Waals surface area contributed by atoms with E-state index in [0.29, 0.717) is 12.3 Å². The molecule has 1 aromatic heterocycles. The normalized spacial score (nSPS) is 12.8. The van der Waals surface area contributed by atoms with Crippen LogP contribution in [0, 0.1) is 0 Å². The highest BCUT2D eigenvalue weighted by molar-refractivity contribution is 6.31. The molecular weight excluding hydrogens is 448 g/mol. The zero-order valence-corrected chi connectivity index (χ0v) is 19.5. The van der Waals surface area contributed by atoms with Gasteiger partial charge in [-0.25, -0.2) is 9.97 Å². The number of rotatable bonds is 14. The number of nitrogens with two attached hydrogens (primary N) is 2. The number of aliphatic hydroxyl groups is 2. The molecule has 2 aromatic rings. The van der Waals surface area contributed by atoms with Crippen molar-refractivity contribution in [2.75, 3.05) is 37.8 Å². The molecule has 1 heterocycles. The lowest BCUT2D eigenvalue weighted by Crippen LogP contribution is -2.41. The maximum Gasteiger partial charge on any atom is 0.273 e. The molecule has 2 atom stereocenters. The van der Waals surface area contributed by atoms with Crippen molar-refractivity contribution in [2.45, 2.75) is 44.8 Å². The molecule has 0 aliphatic carbocycles. The van der Waals surface area contributed by atoms with Crippen molar-refractivity contribution in [3.63, 3.8) is 0 Å². The summed E-state index contributed by atoms with van der Waals surface area (Å²) in [4.78, 5) is 20.2. The fourth-order valence-electron chi connectivity index (χ4n) is 3.13. The number of halogens is 1. The molecular formula is C22H33ClN6O4. The van der Waals surface area contributed by atoms with E-state index < -0.39 is 12.0 Å². The van der Waals surface area contributed by atoms with Crippen LogP contribution in [-0.4, -0.2) is 64.5 Å². The highest BCUT2D eigenvalue weighted by Crippen LogP contribution is 2.17. The SMILES string of the molecule is CCC[C@@H](CNC(=O)c1nc(Cl)c(N)nc1N)NCCCc1ccc(OCC(O)CO)cc1. The second kappa shape index (κ2) is 13.8. The van der Waals surface area contributed by atoms with E-state index >= 15 is 0 Å². The van der Waals surface area contributed by atoms with Crippen LogP contribution in [0.5, 0.6) is 5.75 Å². The molecule has 0 spiro atoms. The number of carbonyl (C=O) groups excluding carboxylic acids is 1. The van der Waals surface area contributed by atoms with Crippen molar-refractivity contribution >= 4 is 29.1 Å². The van der Waals surface area contributed by atoms with E-state index in [4.69, 9.17) is 32.9 Å². The quantitative estimate of drug-likeness (QED) is 0.217. The Hall–Kier alpha value is -2.66. The molecule has 1 aromatic carbocycles. The van der Waals surface area contributed by atoms with Crippen molar-refractivity contribution in [3.8, 4) is 5.75 Å². The van der Waals surface area contributed by atoms with E-state index in [1.54, 1.807) is 0 Å². The number of nitrogen functional groups attached to an aromatic ring is 2. The molecule has 0 saturated heterocycles. The maximum atomic E-state index is 12.4. The number of nitrogens with one attached hydrogen (secondary N) is 2. The van der Waals surface area contributed by atoms with Gasteiger partial charge in [-0.3, -0.25) is 4.79 Å². The third-order valence-electron chi connectivity index (χ3n) is 4.92. The number of benzene rings is 1. The van der Waals surface area contributed by atoms with Crippen LogP contribution < -0.4 is 26.8 Å². The molecule has 1 amide bonds. The molecule has 0 aliphatic heterocycles. The molecule has 0 fully saturated rings. The third kappa shape index (κ3) is 9.01. The van der Waals surface area contributed by atoms with E-state index in [1.807, 2.05) is 24.3 Å². The first-order chi connectivity index (χ1) is 15.8. The maximum absolute atomic E-state index is 12.4. The lowest BCUT2D eigenvalue weighted by molar-refractivity contribution is 0.0536. The first-order valence-electron chi connectivity index (χ1n) is 10.9. The first kappa shape index (κ1) is 26.6. The number of aromatic nitrogens is 2. The number of carbonyl (C=O) groups is 1. The second-order valence-corrected chi connectivity index (χ2v) is 8.04. The van der Waals surface area contributed by atoms with Gasteiger partial charge in [0.1, 0.15) is 18.5 Å². The lowest BCUT2D eigenvalue weighted by Gasteiger charge is -2.19. The summed E-state index contributed by atoms with van der Waals surface area (Å²) in [5.41, 5.74) is 12.4. The van der Waals surface area contributed by atoms with E-state index in [2.05, 4.69) is 27.5 Å². The van der Waals surface area contributed by atoms with Gasteiger partial charge in [-0.05, 0) is 43.5 Å². The van der Waals surface area contributed by atoms with Crippen molar-refractivity contribution in [1.82, 2.24) is 20.6 Å². The minimum Gasteiger partial charge on any atom is -0.491 e. The van der Waals surface area contributed by atoms with Crippen LogP contribution in [-0.2, 0) is 6.42 Å². The summed E-state index contributed by atoms with van der Waals surface area (Å²) in [5, 5.41) is 24.4. The van der Waals surface area contributed by atoms with Gasteiger partial charge in [-0.1, -0.05) is 37.1 Å². The van der Waals surface area contributed by atoms with Crippen LogP contribution in [0.2, 0.25) is 5.15 Å². The van der Waals surface area contributed by atoms with E-state index in [1.165, 1.54) is 5.56 Å². The number of hydrogen-bond acceptors (Lipinski definition) is 9. The number of anilines is 2. The minimum atomic E-state index is -0.883. The molecule has 8 N–H and O–H groups in total. The van der Waals surface area contributed by atoms with Gasteiger partial charge >= 0.3 is 0 Å². The Morgan fingerprint density at radius 2 is 1.94 bits per heavy atom. The van der Waals surface area contributed by atoms with Crippen molar-refractivity contribution < 1.29 is 19.7 Å². The van der Waals surface area contributed by atoms with Crippen LogP contribution in [0.3, 0.4) is 0 Å². The summed E-state index contributed by atoms with van der Waals surface area (Å²) in [5.74, 6) is 0.128. The Bertz CT molecular complexity index is 884. The molecule has 10 nitrogen and oxygen atoms in total. The second-order valence-electron chi connectivity index (χ2n) is 7.68. The standard InChI is InChI=1S/C22H33ClN6O4/c1-2-4-15(11-27-22(32)18-20(24)29-21(25)19(23)28-18)26-10-3-5-14-6-8-17(9-7-14)33-13-16(31)12-30/h6-9,15-16,26,30-31H,2-5,10-13H2,1H3,(H,27,32)(H4,24,25,29)/t15-,16?/m0/s1. The van der Waals surface area contributed by atoms with Gasteiger partial charge in [-0.15, -0.1) is 0 Å². The molecule has 0 radical (unpaired) electrons. The van der Waals surface area contributed by atoms with Crippen molar-refractivity contribution in [2.24, 2.45) is 0 Å². The number of amides is 1. The summed E-state index contributed by atoms with van der Waals surface area (Å²) >= 11 is 5.85. The van der Waals surface area contributed by atoms with E-state index in [0.717, 1.165) is 32.2 Å². The highest BCUT2D eigenvalue weighted by Gasteiger charge is 2.17. The van der Waals surface area contributed by atoms with Crippen molar-refractivity contribution in [1.29, 1.82) is 0 Å². The molecule has 0 saturated carbocycles. The molecule has 11 heteroatoms. The van der Waals surface area contributed by atoms with Gasteiger partial charge in [0.05, 0.1) is 6.61 Å². The van der Waals surface area contributed by atoms with Gasteiger partial charge in [0.15, 0.2) is 22.5 Å². The third-order valence-corrected chi connectivity index (χ3v) is 5.20. The Morgan fingerprint density at radius 1 is 1.21 bits per heavy atom. The van der Waals surface area contributed by atoms with Gasteiger partial charge in [0, 0.05) is 12.6 Å². The lowest BCUT2D eigenvalue weighted by atomic mass is 10.1. The number of hydrogen-bond donors (Lipinski definition) is 6. The van der Waals surface area contributed by atoms with Crippen LogP contribution in [0.15, 0.2) is 24.3 Å². The molecule has 1 unspecified atom stereocenters. The summed E-state index contributed by atoms with van der Waals surface area (Å²) in [6.45, 7) is 3.02. The molecule has 0 aliphatic rings. The zero-order valence-electron chi connectivity index (χ0n) is 18.8. The smallest absolute Gasteiger partial charge is 0.273 e. The Kier molecular flexibility index (Phi) is 11.1. The number of ether oxygens (including phenoxy) is 1. The first-order valence-corrected chi connectivity index (χ1v) is 11.3. The van der Waals surface area contributed by atoms with E-state index in [-0.39, 0.29) is 41.7 Å². The predicted molar refractivity (Wildman–Crippen MR) is 128 cm³/mol. The Labute approximate surface area is 198 Å². The molecule has 33 heavy (non-hydrogen) atoms. The predicted octanol–water partition coefficient (Wildman–Crippen LogP) is 1.15. The molecule has 2 rings (SSSR count). The summed E-state index contributed by atoms with van der Waals surface area (Å²) in [6, 6.07) is 7.76. The Morgan fingerprint density at radius 3 is 2.61 bits per heavy atom. The van der Waals surface area contributed by atoms with E-state index in [9.17, 15) is 9.90 Å². The number of aliphatic hydroxyl groups excluding tert-OH is 2. The van der Waals surface area contributed by atoms with Crippen molar-refractivity contribution in [3.05, 3.63) is 40.7 Å².